The largest absolute Gasteiger partial charge is 0.347 e. The minimum atomic E-state index is -0.213. The second kappa shape index (κ2) is 5.84. The maximum absolute atomic E-state index is 12.2. The zero-order valence-corrected chi connectivity index (χ0v) is 12.2. The second-order valence-corrected chi connectivity index (χ2v) is 5.71. The molecule has 1 fully saturated rings. The third-order valence-corrected chi connectivity index (χ3v) is 3.50. The van der Waals surface area contributed by atoms with Gasteiger partial charge in [-0.1, -0.05) is 25.4 Å². The molecule has 0 aromatic carbocycles. The number of nitrogens with zero attached hydrogens (tertiary/aromatic N) is 3. The molecule has 0 aliphatic carbocycles. The van der Waals surface area contributed by atoms with Gasteiger partial charge in [0, 0.05) is 18.5 Å². The average Bonchev–Trinajstić information content (AvgIpc) is 2.74. The Balaban J connectivity index is 2.12. The zero-order valence-electron chi connectivity index (χ0n) is 11.5. The second-order valence-electron chi connectivity index (χ2n) is 5.30. The van der Waals surface area contributed by atoms with Crippen molar-refractivity contribution in [2.24, 2.45) is 0 Å². The Bertz CT molecular complexity index is 478. The minimum absolute atomic E-state index is 0.168. The predicted molar refractivity (Wildman–Crippen MR) is 74.5 cm³/mol. The molecule has 1 N–H and O–H groups in total. The molecule has 1 saturated heterocycles. The average molecular weight is 283 g/mol. The lowest BCUT2D eigenvalue weighted by Crippen LogP contribution is -2.37. The summed E-state index contributed by atoms with van der Waals surface area (Å²) in [7, 11) is 2.04. The van der Waals surface area contributed by atoms with Gasteiger partial charge in [-0.15, -0.1) is 0 Å². The molecule has 19 heavy (non-hydrogen) atoms. The summed E-state index contributed by atoms with van der Waals surface area (Å²) >= 11 is 6.01. The van der Waals surface area contributed by atoms with Crippen molar-refractivity contribution in [3.8, 4) is 0 Å². The van der Waals surface area contributed by atoms with Crippen LogP contribution in [0.3, 0.4) is 0 Å². The van der Waals surface area contributed by atoms with Crippen LogP contribution in [-0.4, -0.2) is 47.0 Å². The molecule has 6 heteroatoms. The topological polar surface area (TPSA) is 58.1 Å². The quantitative estimate of drug-likeness (QED) is 0.916. The number of halogens is 1. The molecule has 1 aliphatic heterocycles. The van der Waals surface area contributed by atoms with Crippen molar-refractivity contribution in [2.75, 3.05) is 20.1 Å². The van der Waals surface area contributed by atoms with Gasteiger partial charge in [-0.25, -0.2) is 9.97 Å². The number of nitrogens with one attached hydrogen (secondary N) is 1. The normalized spacial score (nSPS) is 19.9. The van der Waals surface area contributed by atoms with Crippen LogP contribution in [0.1, 0.15) is 42.5 Å². The smallest absolute Gasteiger partial charge is 0.271 e. The van der Waals surface area contributed by atoms with Gasteiger partial charge in [-0.3, -0.25) is 4.79 Å². The van der Waals surface area contributed by atoms with Crippen LogP contribution in [0.5, 0.6) is 0 Å². The minimum Gasteiger partial charge on any atom is -0.347 e. The highest BCUT2D eigenvalue weighted by Crippen LogP contribution is 2.17. The fourth-order valence-corrected chi connectivity index (χ4v) is 2.30. The van der Waals surface area contributed by atoms with Crippen LogP contribution >= 0.6 is 11.6 Å². The van der Waals surface area contributed by atoms with Crippen LogP contribution in [0.15, 0.2) is 6.20 Å². The maximum Gasteiger partial charge on any atom is 0.271 e. The third-order valence-electron chi connectivity index (χ3n) is 3.22. The van der Waals surface area contributed by atoms with E-state index in [1.807, 2.05) is 20.9 Å². The van der Waals surface area contributed by atoms with Gasteiger partial charge in [0.1, 0.15) is 11.5 Å². The summed E-state index contributed by atoms with van der Waals surface area (Å²) in [6.45, 7) is 5.83. The highest BCUT2D eigenvalue weighted by Gasteiger charge is 2.23. The highest BCUT2D eigenvalue weighted by molar-refractivity contribution is 6.33. The number of rotatable bonds is 3. The van der Waals surface area contributed by atoms with Crippen LogP contribution < -0.4 is 5.32 Å². The molecule has 2 heterocycles. The first kappa shape index (κ1) is 14.2. The summed E-state index contributed by atoms with van der Waals surface area (Å²) < 4.78 is 0. The molecular weight excluding hydrogens is 264 g/mol. The van der Waals surface area contributed by atoms with E-state index in [1.165, 1.54) is 6.20 Å². The van der Waals surface area contributed by atoms with Crippen molar-refractivity contribution < 1.29 is 4.79 Å². The lowest BCUT2D eigenvalue weighted by molar-refractivity contribution is 0.0933. The predicted octanol–water partition coefficient (Wildman–Crippen LogP) is 1.69. The van der Waals surface area contributed by atoms with Crippen molar-refractivity contribution >= 4 is 17.5 Å². The van der Waals surface area contributed by atoms with Gasteiger partial charge in [0.2, 0.25) is 0 Å². The molecule has 0 spiro atoms. The molecular formula is C13H19ClN4O. The molecule has 1 unspecified atom stereocenters. The lowest BCUT2D eigenvalue weighted by Gasteiger charge is -2.13. The lowest BCUT2D eigenvalue weighted by atomic mass is 10.2. The number of likely N-dealkylation sites (tertiary alicyclic amines) is 1. The number of carbonyl (C=O) groups is 1. The Hall–Kier alpha value is -1.20. The molecule has 0 saturated carbocycles. The Kier molecular flexibility index (Phi) is 4.37. The summed E-state index contributed by atoms with van der Waals surface area (Å²) in [5.41, 5.74) is 0.273. The fourth-order valence-electron chi connectivity index (χ4n) is 2.12. The van der Waals surface area contributed by atoms with E-state index < -0.39 is 0 Å². The van der Waals surface area contributed by atoms with E-state index in [9.17, 15) is 4.79 Å². The molecule has 5 nitrogen and oxygen atoms in total. The van der Waals surface area contributed by atoms with Crippen LogP contribution in [0.4, 0.5) is 0 Å². The first-order chi connectivity index (χ1) is 8.97. The number of likely N-dealkylation sites (N-methyl/N-ethyl adjacent to an activating group) is 1. The first-order valence-corrected chi connectivity index (χ1v) is 6.87. The molecule has 0 radical (unpaired) electrons. The Labute approximate surface area is 118 Å². The standard InChI is InChI=1S/C13H19ClN4O/c1-8(2)12-15-6-10(14)11(17-12)13(19)16-9-4-5-18(3)7-9/h6,8-9H,4-5,7H2,1-3H3,(H,16,19). The van der Waals surface area contributed by atoms with Crippen LogP contribution in [0, 0.1) is 0 Å². The van der Waals surface area contributed by atoms with E-state index in [0.717, 1.165) is 19.5 Å². The van der Waals surface area contributed by atoms with Crippen LogP contribution in [0.25, 0.3) is 0 Å². The summed E-state index contributed by atoms with van der Waals surface area (Å²) in [5, 5.41) is 3.28. The van der Waals surface area contributed by atoms with E-state index in [4.69, 9.17) is 11.6 Å². The van der Waals surface area contributed by atoms with Gasteiger partial charge in [-0.05, 0) is 20.0 Å². The number of carbonyl (C=O) groups excluding carboxylic acids is 1. The molecule has 2 rings (SSSR count). The van der Waals surface area contributed by atoms with Gasteiger partial charge in [0.05, 0.1) is 11.2 Å². The van der Waals surface area contributed by atoms with Crippen LogP contribution in [0.2, 0.25) is 5.02 Å². The summed E-state index contributed by atoms with van der Waals surface area (Å²) in [6, 6.07) is 0.172. The Morgan fingerprint density at radius 3 is 2.89 bits per heavy atom. The Morgan fingerprint density at radius 2 is 2.32 bits per heavy atom. The van der Waals surface area contributed by atoms with E-state index >= 15 is 0 Å². The van der Waals surface area contributed by atoms with Crippen molar-refractivity contribution in [2.45, 2.75) is 32.2 Å². The van der Waals surface area contributed by atoms with Crippen molar-refractivity contribution in [1.29, 1.82) is 0 Å². The van der Waals surface area contributed by atoms with E-state index in [2.05, 4.69) is 20.2 Å². The molecule has 1 amide bonds. The van der Waals surface area contributed by atoms with Gasteiger partial charge in [0.25, 0.3) is 5.91 Å². The molecule has 1 atom stereocenters. The van der Waals surface area contributed by atoms with Crippen molar-refractivity contribution in [1.82, 2.24) is 20.2 Å². The summed E-state index contributed by atoms with van der Waals surface area (Å²) in [4.78, 5) is 22.8. The van der Waals surface area contributed by atoms with Crippen LogP contribution in [-0.2, 0) is 0 Å². The molecule has 1 aliphatic rings. The molecule has 1 aromatic rings. The first-order valence-electron chi connectivity index (χ1n) is 6.49. The van der Waals surface area contributed by atoms with Crippen molar-refractivity contribution in [3.05, 3.63) is 22.7 Å². The number of hydrogen-bond donors (Lipinski definition) is 1. The fraction of sp³-hybridized carbons (Fsp3) is 0.615. The maximum atomic E-state index is 12.2. The van der Waals surface area contributed by atoms with E-state index in [0.29, 0.717) is 10.8 Å². The van der Waals surface area contributed by atoms with Crippen molar-refractivity contribution in [3.63, 3.8) is 0 Å². The van der Waals surface area contributed by atoms with Gasteiger partial charge in [-0.2, -0.15) is 0 Å². The van der Waals surface area contributed by atoms with E-state index in [1.54, 1.807) is 0 Å². The third kappa shape index (κ3) is 3.42. The van der Waals surface area contributed by atoms with Gasteiger partial charge >= 0.3 is 0 Å². The number of hydrogen-bond acceptors (Lipinski definition) is 4. The molecule has 0 bridgehead atoms. The number of amides is 1. The van der Waals surface area contributed by atoms with E-state index in [-0.39, 0.29) is 23.6 Å². The molecule has 1 aromatic heterocycles. The van der Waals surface area contributed by atoms with Gasteiger partial charge in [0.15, 0.2) is 0 Å². The van der Waals surface area contributed by atoms with Gasteiger partial charge < -0.3 is 10.2 Å². The molecule has 104 valence electrons. The SMILES string of the molecule is CC(C)c1ncc(Cl)c(C(=O)NC2CCN(C)C2)n1. The highest BCUT2D eigenvalue weighted by atomic mass is 35.5. The number of aromatic nitrogens is 2. The zero-order chi connectivity index (χ0) is 14.0. The Morgan fingerprint density at radius 1 is 1.58 bits per heavy atom. The summed E-state index contributed by atoms with van der Waals surface area (Å²) in [6.07, 6.45) is 2.46. The summed E-state index contributed by atoms with van der Waals surface area (Å²) in [5.74, 6) is 0.592. The monoisotopic (exact) mass is 282 g/mol.